The summed E-state index contributed by atoms with van der Waals surface area (Å²) in [5.74, 6) is 0.108. The van der Waals surface area contributed by atoms with Gasteiger partial charge in [-0.25, -0.2) is 9.13 Å². The maximum Gasteiger partial charge on any atom is 0.472 e. The predicted molar refractivity (Wildman–Crippen MR) is 367 cm³/mol. The van der Waals surface area contributed by atoms with Crippen LogP contribution in [0.2, 0.25) is 0 Å². The summed E-state index contributed by atoms with van der Waals surface area (Å²) >= 11 is 0. The summed E-state index contributed by atoms with van der Waals surface area (Å²) in [6.07, 6.45) is 49.3. The van der Waals surface area contributed by atoms with Crippen LogP contribution in [0.15, 0.2) is 24.3 Å². The summed E-state index contributed by atoms with van der Waals surface area (Å²) in [6.45, 7) is 11.8. The van der Waals surface area contributed by atoms with Crippen molar-refractivity contribution in [3.05, 3.63) is 24.3 Å². The van der Waals surface area contributed by atoms with E-state index in [2.05, 4.69) is 72.8 Å². The van der Waals surface area contributed by atoms with Gasteiger partial charge < -0.3 is 33.8 Å². The highest BCUT2D eigenvalue weighted by molar-refractivity contribution is 7.47. The molecule has 19 heteroatoms. The molecule has 0 aliphatic rings. The van der Waals surface area contributed by atoms with E-state index in [-0.39, 0.29) is 25.7 Å². The molecular weight excluding hydrogens is 1200 g/mol. The van der Waals surface area contributed by atoms with E-state index in [9.17, 15) is 43.2 Å². The summed E-state index contributed by atoms with van der Waals surface area (Å²) in [4.78, 5) is 72.6. The highest BCUT2D eigenvalue weighted by Gasteiger charge is 2.30. The Hall–Kier alpha value is -2.46. The van der Waals surface area contributed by atoms with E-state index in [1.54, 1.807) is 0 Å². The quantitative estimate of drug-likeness (QED) is 0.0169. The van der Waals surface area contributed by atoms with Crippen molar-refractivity contribution >= 4 is 39.5 Å². The Morgan fingerprint density at radius 3 is 0.978 bits per heavy atom. The fourth-order valence-corrected chi connectivity index (χ4v) is 11.9. The maximum absolute atomic E-state index is 13.0. The molecule has 0 rings (SSSR count). The van der Waals surface area contributed by atoms with Crippen LogP contribution in [0.1, 0.15) is 337 Å². The van der Waals surface area contributed by atoms with Crippen molar-refractivity contribution in [3.8, 4) is 0 Å². The van der Waals surface area contributed by atoms with Crippen LogP contribution in [0.5, 0.6) is 0 Å². The van der Waals surface area contributed by atoms with Crippen LogP contribution in [0.4, 0.5) is 0 Å². The van der Waals surface area contributed by atoms with Gasteiger partial charge in [-0.3, -0.25) is 37.3 Å². The topological polar surface area (TPSA) is 237 Å². The zero-order valence-electron chi connectivity index (χ0n) is 58.8. The number of aliphatic hydroxyl groups excluding tert-OH is 1. The first-order valence-corrected chi connectivity index (χ1v) is 39.7. The summed E-state index contributed by atoms with van der Waals surface area (Å²) in [7, 11) is -9.92. The number of hydrogen-bond acceptors (Lipinski definition) is 15. The van der Waals surface area contributed by atoms with Gasteiger partial charge in [0.1, 0.15) is 19.3 Å². The van der Waals surface area contributed by atoms with Gasteiger partial charge in [0.05, 0.1) is 26.4 Å². The van der Waals surface area contributed by atoms with Gasteiger partial charge in [0.25, 0.3) is 0 Å². The number of phosphoric acid groups is 2. The number of carbonyl (C=O) groups excluding carboxylic acids is 4. The third-order valence-corrected chi connectivity index (χ3v) is 18.6. The fourth-order valence-electron chi connectivity index (χ4n) is 10.3. The second-order valence-corrected chi connectivity index (χ2v) is 29.2. The molecule has 0 aromatic carbocycles. The molecule has 0 saturated heterocycles. The molecule has 0 radical (unpaired) electrons. The number of rotatable bonds is 68. The Labute approximate surface area is 554 Å². The van der Waals surface area contributed by atoms with Crippen molar-refractivity contribution in [1.29, 1.82) is 0 Å². The van der Waals surface area contributed by atoms with Gasteiger partial charge in [0, 0.05) is 25.7 Å². The number of esters is 4. The molecule has 0 bridgehead atoms. The second-order valence-electron chi connectivity index (χ2n) is 26.3. The van der Waals surface area contributed by atoms with Crippen LogP contribution in [0.25, 0.3) is 0 Å². The maximum atomic E-state index is 13.0. The average molecular weight is 1340 g/mol. The third-order valence-electron chi connectivity index (χ3n) is 16.7. The Morgan fingerprint density at radius 1 is 0.363 bits per heavy atom. The van der Waals surface area contributed by atoms with Crippen molar-refractivity contribution in [1.82, 2.24) is 0 Å². The molecule has 4 unspecified atom stereocenters. The predicted octanol–water partition coefficient (Wildman–Crippen LogP) is 20.2. The lowest BCUT2D eigenvalue weighted by atomic mass is 9.99. The summed E-state index contributed by atoms with van der Waals surface area (Å²) in [6, 6.07) is 0. The summed E-state index contributed by atoms with van der Waals surface area (Å²) in [5.41, 5.74) is 0. The van der Waals surface area contributed by atoms with E-state index < -0.39 is 97.5 Å². The molecule has 0 amide bonds. The van der Waals surface area contributed by atoms with Crippen LogP contribution in [0, 0.1) is 17.8 Å². The molecule has 0 heterocycles. The minimum absolute atomic E-state index is 0.0988. The molecule has 0 aliphatic heterocycles. The molecule has 0 fully saturated rings. The number of allylic oxidation sites excluding steroid dienone is 4. The molecule has 0 spiro atoms. The van der Waals surface area contributed by atoms with Crippen LogP contribution >= 0.6 is 15.6 Å². The van der Waals surface area contributed by atoms with Gasteiger partial charge in [-0.05, 0) is 69.1 Å². The number of hydrogen-bond donors (Lipinski definition) is 3. The van der Waals surface area contributed by atoms with Crippen molar-refractivity contribution in [3.63, 3.8) is 0 Å². The van der Waals surface area contributed by atoms with Gasteiger partial charge in [0.2, 0.25) is 0 Å². The molecule has 91 heavy (non-hydrogen) atoms. The van der Waals surface area contributed by atoms with Crippen molar-refractivity contribution in [2.45, 2.75) is 356 Å². The third kappa shape index (κ3) is 63.4. The van der Waals surface area contributed by atoms with E-state index in [1.165, 1.54) is 122 Å². The van der Waals surface area contributed by atoms with E-state index in [1.807, 2.05) is 0 Å². The number of ether oxygens (including phenoxy) is 4. The summed E-state index contributed by atoms with van der Waals surface area (Å²) < 4.78 is 68.3. The van der Waals surface area contributed by atoms with Gasteiger partial charge in [-0.1, -0.05) is 285 Å². The molecule has 7 atom stereocenters. The highest BCUT2D eigenvalue weighted by Crippen LogP contribution is 2.45. The fraction of sp³-hybridized carbons (Fsp3) is 0.889. The van der Waals surface area contributed by atoms with E-state index in [0.717, 1.165) is 133 Å². The van der Waals surface area contributed by atoms with E-state index >= 15 is 0 Å². The normalized spacial score (nSPS) is 14.9. The largest absolute Gasteiger partial charge is 0.472 e. The van der Waals surface area contributed by atoms with Crippen molar-refractivity contribution < 1.29 is 80.2 Å². The van der Waals surface area contributed by atoms with Gasteiger partial charge in [-0.2, -0.15) is 0 Å². The first-order valence-electron chi connectivity index (χ1n) is 36.7. The van der Waals surface area contributed by atoms with Crippen molar-refractivity contribution in [2.24, 2.45) is 17.8 Å². The average Bonchev–Trinajstić information content (AvgIpc) is 3.58. The molecule has 0 aliphatic carbocycles. The monoisotopic (exact) mass is 1330 g/mol. The first-order chi connectivity index (χ1) is 43.8. The zero-order valence-corrected chi connectivity index (χ0v) is 60.6. The number of carbonyl (C=O) groups is 4. The number of unbranched alkanes of at least 4 members (excludes halogenated alkanes) is 31. The molecule has 536 valence electrons. The van der Waals surface area contributed by atoms with Crippen LogP contribution in [-0.4, -0.2) is 96.7 Å². The van der Waals surface area contributed by atoms with Crippen molar-refractivity contribution in [2.75, 3.05) is 39.6 Å². The Bertz CT molecular complexity index is 1880. The van der Waals surface area contributed by atoms with Crippen LogP contribution in [0.3, 0.4) is 0 Å². The van der Waals surface area contributed by atoms with Gasteiger partial charge >= 0.3 is 39.5 Å². The molecular formula is C72H136O17P2. The smallest absolute Gasteiger partial charge is 0.462 e. The second kappa shape index (κ2) is 62.4. The molecule has 0 aromatic rings. The molecule has 17 nitrogen and oxygen atoms in total. The van der Waals surface area contributed by atoms with Crippen LogP contribution in [-0.2, 0) is 65.4 Å². The Kier molecular flexibility index (Phi) is 60.7. The van der Waals surface area contributed by atoms with Crippen LogP contribution < -0.4 is 0 Å². The molecule has 0 saturated carbocycles. The lowest BCUT2D eigenvalue weighted by Crippen LogP contribution is -2.30. The minimum atomic E-state index is -4.96. The SMILES string of the molecule is CCCCCC/C=C\C=C/CCCCCCCC(=O)OC[C@H](COP(=O)(O)OC[C@@H](O)COP(=O)(O)OC[C@@H](COC(=O)CCCCCCCCC(C)CC)OC(=O)CCCCCCCCCCCC(C)C)OC(=O)CCCCCCCCCCCCC(C)CC. The Balaban J connectivity index is 5.30. The van der Waals surface area contributed by atoms with E-state index in [0.29, 0.717) is 25.7 Å². The highest BCUT2D eigenvalue weighted by atomic mass is 31.2. The molecule has 3 N–H and O–H groups in total. The Morgan fingerprint density at radius 2 is 0.648 bits per heavy atom. The minimum Gasteiger partial charge on any atom is -0.462 e. The standard InChI is InChI=1S/C72H136O17P2/c1-8-11-12-13-14-15-16-17-18-19-20-26-31-39-46-53-69(74)82-59-67(88-71(76)55-48-41-32-27-22-21-25-30-37-44-51-64(6)9-2)61-86-90(78,79)84-57-66(73)58-85-91(80,81)87-62-68(60-83-70(75)54-47-40-35-34-38-45-52-65(7)10-3)89-72(77)56-49-42-33-28-23-24-29-36-43-50-63(4)5/h15-18,63-68,73H,8-14,19-62H2,1-7H3,(H,78,79)(H,80,81)/b16-15-,18-17-/t64?,65?,66-,67-,68-/m1/s1. The summed E-state index contributed by atoms with van der Waals surface area (Å²) in [5, 5.41) is 10.6. The lowest BCUT2D eigenvalue weighted by molar-refractivity contribution is -0.161. The lowest BCUT2D eigenvalue weighted by Gasteiger charge is -2.21. The van der Waals surface area contributed by atoms with E-state index in [4.69, 9.17) is 37.0 Å². The first kappa shape index (κ1) is 88.5. The zero-order chi connectivity index (χ0) is 67.3. The van der Waals surface area contributed by atoms with Gasteiger partial charge in [0.15, 0.2) is 12.2 Å². The number of aliphatic hydroxyl groups is 1. The van der Waals surface area contributed by atoms with Gasteiger partial charge in [-0.15, -0.1) is 0 Å². The number of phosphoric ester groups is 2. The molecule has 0 aromatic heterocycles.